The molecule has 0 aromatic carbocycles. The van der Waals surface area contributed by atoms with Crippen molar-refractivity contribution in [3.8, 4) is 0 Å². The fourth-order valence-corrected chi connectivity index (χ4v) is 3.56. The average molecular weight is 289 g/mol. The fraction of sp³-hybridized carbons (Fsp3) is 0.636. The Bertz CT molecular complexity index is 313. The van der Waals surface area contributed by atoms with Gasteiger partial charge < -0.3 is 5.32 Å². The molecular formula is C11H17BrN2S. The van der Waals surface area contributed by atoms with Crippen LogP contribution in [-0.2, 0) is 6.54 Å². The van der Waals surface area contributed by atoms with Crippen molar-refractivity contribution in [3.05, 3.63) is 20.8 Å². The van der Waals surface area contributed by atoms with Crippen molar-refractivity contribution in [1.82, 2.24) is 10.2 Å². The molecule has 1 unspecified atom stereocenters. The topological polar surface area (TPSA) is 15.3 Å². The van der Waals surface area contributed by atoms with E-state index >= 15 is 0 Å². The van der Waals surface area contributed by atoms with Crippen LogP contribution < -0.4 is 5.32 Å². The van der Waals surface area contributed by atoms with Gasteiger partial charge in [-0.05, 0) is 34.5 Å². The Hall–Kier alpha value is 0.1000. The lowest BCUT2D eigenvalue weighted by Crippen LogP contribution is -2.50. The lowest BCUT2D eigenvalue weighted by Gasteiger charge is -2.35. The van der Waals surface area contributed by atoms with E-state index in [1.165, 1.54) is 21.6 Å². The minimum Gasteiger partial charge on any atom is -0.314 e. The van der Waals surface area contributed by atoms with E-state index in [0.717, 1.165) is 19.6 Å². The molecular weight excluding hydrogens is 272 g/mol. The normalized spacial score (nSPS) is 23.2. The van der Waals surface area contributed by atoms with Crippen LogP contribution >= 0.6 is 27.3 Å². The summed E-state index contributed by atoms with van der Waals surface area (Å²) >= 11 is 5.37. The van der Waals surface area contributed by atoms with E-state index in [2.05, 4.69) is 45.2 Å². The number of piperazine rings is 1. The van der Waals surface area contributed by atoms with Gasteiger partial charge in [0.15, 0.2) is 0 Å². The third-order valence-corrected chi connectivity index (χ3v) is 4.54. The predicted molar refractivity (Wildman–Crippen MR) is 69.4 cm³/mol. The summed E-state index contributed by atoms with van der Waals surface area (Å²) < 4.78 is 1.24. The molecule has 1 fully saturated rings. The summed E-state index contributed by atoms with van der Waals surface area (Å²) in [5, 5.41) is 3.46. The van der Waals surface area contributed by atoms with Crippen LogP contribution in [0.3, 0.4) is 0 Å². The van der Waals surface area contributed by atoms with Crippen LogP contribution in [0, 0.1) is 0 Å². The molecule has 1 aliphatic heterocycles. The summed E-state index contributed by atoms with van der Waals surface area (Å²) in [4.78, 5) is 4.05. The quantitative estimate of drug-likeness (QED) is 0.920. The number of thiophene rings is 1. The van der Waals surface area contributed by atoms with E-state index in [-0.39, 0.29) is 0 Å². The van der Waals surface area contributed by atoms with Crippen molar-refractivity contribution in [2.75, 3.05) is 19.6 Å². The summed E-state index contributed by atoms with van der Waals surface area (Å²) in [5.74, 6) is 0. The van der Waals surface area contributed by atoms with Gasteiger partial charge in [-0.2, -0.15) is 0 Å². The zero-order valence-electron chi connectivity index (χ0n) is 9.00. The van der Waals surface area contributed by atoms with Crippen LogP contribution in [0.5, 0.6) is 0 Å². The van der Waals surface area contributed by atoms with Gasteiger partial charge in [-0.25, -0.2) is 0 Å². The van der Waals surface area contributed by atoms with Crippen LogP contribution in [0.25, 0.3) is 0 Å². The Balaban J connectivity index is 1.97. The number of nitrogens with zero attached hydrogens (tertiary/aromatic N) is 1. The number of rotatable bonds is 3. The summed E-state index contributed by atoms with van der Waals surface area (Å²) in [6.45, 7) is 6.82. The Morgan fingerprint density at radius 1 is 1.60 bits per heavy atom. The molecule has 1 atom stereocenters. The Morgan fingerprint density at radius 3 is 3.13 bits per heavy atom. The second-order valence-corrected chi connectivity index (χ2v) is 6.49. The first-order valence-corrected chi connectivity index (χ1v) is 7.09. The first kappa shape index (κ1) is 11.6. The molecule has 2 nitrogen and oxygen atoms in total. The standard InChI is InChI=1S/C11H17BrN2S/c1-2-9-7-13-5-6-14(9)8-10-3-4-11(12)15-10/h3-4,9,13H,2,5-8H2,1H3. The van der Waals surface area contributed by atoms with Crippen molar-refractivity contribution in [1.29, 1.82) is 0 Å². The SMILES string of the molecule is CCC1CNCCN1Cc1ccc(Br)s1. The molecule has 4 heteroatoms. The Labute approximate surface area is 104 Å². The van der Waals surface area contributed by atoms with Gasteiger partial charge in [-0.3, -0.25) is 4.90 Å². The smallest absolute Gasteiger partial charge is 0.0701 e. The van der Waals surface area contributed by atoms with Crippen molar-refractivity contribution in [2.24, 2.45) is 0 Å². The Morgan fingerprint density at radius 2 is 2.47 bits per heavy atom. The zero-order valence-corrected chi connectivity index (χ0v) is 11.4. The molecule has 1 saturated heterocycles. The van der Waals surface area contributed by atoms with E-state index in [0.29, 0.717) is 6.04 Å². The molecule has 0 aliphatic carbocycles. The summed E-state index contributed by atoms with van der Waals surface area (Å²) in [5.41, 5.74) is 0. The van der Waals surface area contributed by atoms with E-state index in [4.69, 9.17) is 0 Å². The molecule has 1 N–H and O–H groups in total. The highest BCUT2D eigenvalue weighted by atomic mass is 79.9. The van der Waals surface area contributed by atoms with Crippen LogP contribution in [0.2, 0.25) is 0 Å². The molecule has 15 heavy (non-hydrogen) atoms. The van der Waals surface area contributed by atoms with E-state index in [9.17, 15) is 0 Å². The summed E-state index contributed by atoms with van der Waals surface area (Å²) in [7, 11) is 0. The number of hydrogen-bond acceptors (Lipinski definition) is 3. The van der Waals surface area contributed by atoms with Gasteiger partial charge in [-0.1, -0.05) is 6.92 Å². The molecule has 2 rings (SSSR count). The average Bonchev–Trinajstić information content (AvgIpc) is 2.65. The molecule has 0 saturated carbocycles. The van der Waals surface area contributed by atoms with E-state index in [1.54, 1.807) is 0 Å². The van der Waals surface area contributed by atoms with Gasteiger partial charge in [0.2, 0.25) is 0 Å². The third kappa shape index (κ3) is 3.03. The van der Waals surface area contributed by atoms with Crippen molar-refractivity contribution < 1.29 is 0 Å². The van der Waals surface area contributed by atoms with Gasteiger partial charge in [0, 0.05) is 37.1 Å². The molecule has 1 aliphatic rings. The molecule has 1 aromatic rings. The first-order valence-electron chi connectivity index (χ1n) is 5.48. The maximum absolute atomic E-state index is 3.52. The summed E-state index contributed by atoms with van der Waals surface area (Å²) in [6, 6.07) is 5.08. The van der Waals surface area contributed by atoms with Gasteiger partial charge in [0.25, 0.3) is 0 Å². The highest BCUT2D eigenvalue weighted by Crippen LogP contribution is 2.24. The number of nitrogens with one attached hydrogen (secondary N) is 1. The molecule has 0 bridgehead atoms. The first-order chi connectivity index (χ1) is 7.29. The predicted octanol–water partition coefficient (Wildman–Crippen LogP) is 2.69. The molecule has 0 spiro atoms. The number of halogens is 1. The minimum atomic E-state index is 0.708. The second-order valence-electron chi connectivity index (χ2n) is 3.94. The maximum atomic E-state index is 3.52. The van der Waals surface area contributed by atoms with Crippen molar-refractivity contribution in [2.45, 2.75) is 25.9 Å². The monoisotopic (exact) mass is 288 g/mol. The van der Waals surface area contributed by atoms with E-state index < -0.39 is 0 Å². The molecule has 0 radical (unpaired) electrons. The third-order valence-electron chi connectivity index (χ3n) is 2.93. The molecule has 1 aromatic heterocycles. The fourth-order valence-electron chi connectivity index (χ4n) is 2.05. The van der Waals surface area contributed by atoms with Crippen LogP contribution in [0.4, 0.5) is 0 Å². The molecule has 0 amide bonds. The molecule has 84 valence electrons. The van der Waals surface area contributed by atoms with E-state index in [1.807, 2.05) is 11.3 Å². The lowest BCUT2D eigenvalue weighted by atomic mass is 10.1. The maximum Gasteiger partial charge on any atom is 0.0701 e. The van der Waals surface area contributed by atoms with Gasteiger partial charge in [-0.15, -0.1) is 11.3 Å². The lowest BCUT2D eigenvalue weighted by molar-refractivity contribution is 0.150. The van der Waals surface area contributed by atoms with Crippen LogP contribution in [0.15, 0.2) is 15.9 Å². The van der Waals surface area contributed by atoms with Gasteiger partial charge >= 0.3 is 0 Å². The van der Waals surface area contributed by atoms with Gasteiger partial charge in [0.1, 0.15) is 0 Å². The highest BCUT2D eigenvalue weighted by Gasteiger charge is 2.20. The molecule has 2 heterocycles. The number of hydrogen-bond donors (Lipinski definition) is 1. The van der Waals surface area contributed by atoms with Crippen LogP contribution in [-0.4, -0.2) is 30.6 Å². The van der Waals surface area contributed by atoms with Gasteiger partial charge in [0.05, 0.1) is 3.79 Å². The zero-order chi connectivity index (χ0) is 10.7. The minimum absolute atomic E-state index is 0.708. The second kappa shape index (κ2) is 5.43. The summed E-state index contributed by atoms with van der Waals surface area (Å²) in [6.07, 6.45) is 1.24. The largest absolute Gasteiger partial charge is 0.314 e. The van der Waals surface area contributed by atoms with Crippen molar-refractivity contribution >= 4 is 27.3 Å². The van der Waals surface area contributed by atoms with Crippen molar-refractivity contribution in [3.63, 3.8) is 0 Å². The highest BCUT2D eigenvalue weighted by molar-refractivity contribution is 9.11. The Kier molecular flexibility index (Phi) is 4.20. The van der Waals surface area contributed by atoms with Crippen LogP contribution in [0.1, 0.15) is 18.2 Å².